The first-order valence-electron chi connectivity index (χ1n) is 13.3. The summed E-state index contributed by atoms with van der Waals surface area (Å²) in [7, 11) is 0. The lowest BCUT2D eigenvalue weighted by Crippen LogP contribution is -2.43. The van der Waals surface area contributed by atoms with E-state index in [0.29, 0.717) is 28.6 Å². The topological polar surface area (TPSA) is 70.0 Å². The van der Waals surface area contributed by atoms with E-state index < -0.39 is 5.97 Å². The number of amidine groups is 1. The number of carboxylic acid groups (broad SMARTS) is 1. The highest BCUT2D eigenvalue weighted by molar-refractivity contribution is 8.26. The van der Waals surface area contributed by atoms with Gasteiger partial charge in [-0.05, 0) is 52.7 Å². The smallest absolute Gasteiger partial charge is 0.307 e. The van der Waals surface area contributed by atoms with Gasteiger partial charge >= 0.3 is 5.97 Å². The maximum absolute atomic E-state index is 13.4. The zero-order valence-electron chi connectivity index (χ0n) is 21.9. The molecule has 0 aliphatic carbocycles. The Hall–Kier alpha value is -4.46. The van der Waals surface area contributed by atoms with E-state index in [9.17, 15) is 14.7 Å². The molecule has 2 aliphatic heterocycles. The molecule has 0 amide bonds. The van der Waals surface area contributed by atoms with Gasteiger partial charge in [-0.1, -0.05) is 84.9 Å². The Labute approximate surface area is 245 Å². The van der Waals surface area contributed by atoms with Gasteiger partial charge in [0.25, 0.3) is 0 Å². The molecule has 5 nitrogen and oxygen atoms in total. The first kappa shape index (κ1) is 25.5. The van der Waals surface area contributed by atoms with Gasteiger partial charge in [-0.2, -0.15) is 0 Å². The van der Waals surface area contributed by atoms with Gasteiger partial charge in [-0.3, -0.25) is 9.59 Å². The molecule has 1 N–H and O–H groups in total. The number of carbonyl (C=O) groups excluding carboxylic acids is 1. The molecule has 0 spiro atoms. The van der Waals surface area contributed by atoms with Crippen LogP contribution in [0, 0.1) is 0 Å². The van der Waals surface area contributed by atoms with Crippen molar-refractivity contribution in [3.63, 3.8) is 0 Å². The molecule has 0 bridgehead atoms. The number of carboxylic acids is 1. The van der Waals surface area contributed by atoms with Crippen LogP contribution < -0.4 is 0 Å². The van der Waals surface area contributed by atoms with Crippen LogP contribution >= 0.6 is 23.1 Å². The molecule has 1 saturated heterocycles. The molecule has 1 fully saturated rings. The van der Waals surface area contributed by atoms with Crippen LogP contribution in [0.15, 0.2) is 119 Å². The minimum absolute atomic E-state index is 0.0454. The van der Waals surface area contributed by atoms with Crippen LogP contribution in [0.1, 0.15) is 29.2 Å². The summed E-state index contributed by atoms with van der Waals surface area (Å²) in [5, 5.41) is 12.9. The zero-order chi connectivity index (χ0) is 27.9. The minimum atomic E-state index is -0.917. The molecule has 7 heteroatoms. The van der Waals surface area contributed by atoms with E-state index in [1.165, 1.54) is 4.70 Å². The SMILES string of the molecule is O=C(O)CC1=C(c2ccc3sc4ccccc4c3c2)N=C2SC(=O)/C(=C/c3ccccc3)CN2C1c1ccccc1. The van der Waals surface area contributed by atoms with E-state index in [-0.39, 0.29) is 17.6 Å². The molecule has 7 rings (SSSR count). The summed E-state index contributed by atoms with van der Waals surface area (Å²) in [6.45, 7) is 0.337. The number of aliphatic imine (C=N–C) groups is 1. The van der Waals surface area contributed by atoms with Gasteiger partial charge in [-0.15, -0.1) is 11.3 Å². The Kier molecular flexibility index (Phi) is 6.53. The first-order chi connectivity index (χ1) is 20.0. The number of hydrogen-bond donors (Lipinski definition) is 1. The number of fused-ring (bicyclic) bond motifs is 4. The van der Waals surface area contributed by atoms with Crippen LogP contribution in [-0.4, -0.2) is 32.8 Å². The molecule has 1 aromatic heterocycles. The molecule has 1 unspecified atom stereocenters. The second-order valence-corrected chi connectivity index (χ2v) is 12.1. The second kappa shape index (κ2) is 10.5. The van der Waals surface area contributed by atoms with Crippen LogP contribution in [0.25, 0.3) is 31.9 Å². The molecule has 1 atom stereocenters. The zero-order valence-corrected chi connectivity index (χ0v) is 23.5. The lowest BCUT2D eigenvalue weighted by molar-refractivity contribution is -0.136. The van der Waals surface area contributed by atoms with Crippen molar-refractivity contribution < 1.29 is 14.7 Å². The van der Waals surface area contributed by atoms with Crippen molar-refractivity contribution in [2.24, 2.45) is 4.99 Å². The standard InChI is InChI=1S/C34H24N2O3S2/c37-30(38)19-27-31(23-15-16-29-26(18-23)25-13-7-8-14-28(25)40-29)35-34-36(32(27)22-11-5-2-6-12-22)20-24(33(39)41-34)17-21-9-3-1-4-10-21/h1-18,32H,19-20H2,(H,37,38)/b24-17+. The Balaban J connectivity index is 1.41. The fourth-order valence-corrected chi connectivity index (χ4v) is 7.57. The third-order valence-corrected chi connectivity index (χ3v) is 9.54. The third-order valence-electron chi connectivity index (χ3n) is 7.43. The van der Waals surface area contributed by atoms with Crippen LogP contribution in [-0.2, 0) is 9.59 Å². The average Bonchev–Trinajstić information content (AvgIpc) is 3.36. The summed E-state index contributed by atoms with van der Waals surface area (Å²) in [4.78, 5) is 32.8. The summed E-state index contributed by atoms with van der Waals surface area (Å²) in [6.07, 6.45) is 1.75. The molecular weight excluding hydrogens is 549 g/mol. The predicted molar refractivity (Wildman–Crippen MR) is 169 cm³/mol. The Bertz CT molecular complexity index is 1920. The van der Waals surface area contributed by atoms with Crippen LogP contribution in [0.5, 0.6) is 0 Å². The maximum atomic E-state index is 13.4. The van der Waals surface area contributed by atoms with Gasteiger partial charge in [0.05, 0.1) is 24.7 Å². The number of rotatable bonds is 5. The second-order valence-electron chi connectivity index (χ2n) is 10.1. The largest absolute Gasteiger partial charge is 0.481 e. The van der Waals surface area contributed by atoms with Gasteiger partial charge in [0.15, 0.2) is 5.17 Å². The molecule has 200 valence electrons. The fourth-order valence-electron chi connectivity index (χ4n) is 5.63. The van der Waals surface area contributed by atoms with Gasteiger partial charge in [-0.25, -0.2) is 4.99 Å². The Morgan fingerprint density at radius 3 is 2.39 bits per heavy atom. The van der Waals surface area contributed by atoms with Crippen molar-refractivity contribution in [3.05, 3.63) is 131 Å². The fraction of sp³-hybridized carbons (Fsp3) is 0.0882. The summed E-state index contributed by atoms with van der Waals surface area (Å²) in [5.74, 6) is -0.917. The van der Waals surface area contributed by atoms with Crippen LogP contribution in [0.2, 0.25) is 0 Å². The number of thiophene rings is 1. The summed E-state index contributed by atoms with van der Waals surface area (Å²) in [5.41, 5.74) is 4.75. The van der Waals surface area contributed by atoms with Gasteiger partial charge in [0, 0.05) is 31.3 Å². The predicted octanol–water partition coefficient (Wildman–Crippen LogP) is 8.01. The van der Waals surface area contributed by atoms with E-state index >= 15 is 0 Å². The van der Waals surface area contributed by atoms with E-state index in [2.05, 4.69) is 29.2 Å². The number of benzene rings is 4. The molecule has 0 radical (unpaired) electrons. The molecule has 0 saturated carbocycles. The third kappa shape index (κ3) is 4.77. The quantitative estimate of drug-likeness (QED) is 0.216. The van der Waals surface area contributed by atoms with Crippen molar-refractivity contribution in [1.29, 1.82) is 0 Å². The van der Waals surface area contributed by atoms with Gasteiger partial charge in [0.2, 0.25) is 5.12 Å². The number of carbonyl (C=O) groups is 2. The normalized spacial score (nSPS) is 18.2. The van der Waals surface area contributed by atoms with Crippen molar-refractivity contribution in [2.75, 3.05) is 6.54 Å². The van der Waals surface area contributed by atoms with E-state index in [4.69, 9.17) is 4.99 Å². The highest BCUT2D eigenvalue weighted by atomic mass is 32.2. The summed E-state index contributed by atoms with van der Waals surface area (Å²) < 4.78 is 2.37. The number of hydrogen-bond acceptors (Lipinski definition) is 6. The van der Waals surface area contributed by atoms with E-state index in [1.807, 2.05) is 84.9 Å². The van der Waals surface area contributed by atoms with Crippen LogP contribution in [0.4, 0.5) is 0 Å². The van der Waals surface area contributed by atoms with Crippen molar-refractivity contribution in [2.45, 2.75) is 12.5 Å². The number of thioether (sulfide) groups is 1. The van der Waals surface area contributed by atoms with Crippen molar-refractivity contribution in [3.8, 4) is 0 Å². The molecule has 3 heterocycles. The highest BCUT2D eigenvalue weighted by Gasteiger charge is 2.39. The Morgan fingerprint density at radius 2 is 1.61 bits per heavy atom. The lowest BCUT2D eigenvalue weighted by Gasteiger charge is -2.41. The Morgan fingerprint density at radius 1 is 0.902 bits per heavy atom. The minimum Gasteiger partial charge on any atom is -0.481 e. The van der Waals surface area contributed by atoms with Crippen molar-refractivity contribution >= 4 is 71.3 Å². The van der Waals surface area contributed by atoms with Gasteiger partial charge in [0.1, 0.15) is 0 Å². The molecule has 2 aliphatic rings. The first-order valence-corrected chi connectivity index (χ1v) is 14.9. The summed E-state index contributed by atoms with van der Waals surface area (Å²) in [6, 6.07) is 33.8. The molecule has 41 heavy (non-hydrogen) atoms. The molecular formula is C34H24N2O3S2. The molecule has 5 aromatic rings. The number of aliphatic carboxylic acids is 1. The average molecular weight is 573 g/mol. The lowest BCUT2D eigenvalue weighted by atomic mass is 9.89. The van der Waals surface area contributed by atoms with E-state index in [1.54, 1.807) is 11.3 Å². The monoisotopic (exact) mass is 572 g/mol. The maximum Gasteiger partial charge on any atom is 0.307 e. The molecule has 4 aromatic carbocycles. The number of nitrogens with zero attached hydrogens (tertiary/aromatic N) is 2. The highest BCUT2D eigenvalue weighted by Crippen LogP contribution is 2.46. The van der Waals surface area contributed by atoms with Gasteiger partial charge < -0.3 is 10.0 Å². The summed E-state index contributed by atoms with van der Waals surface area (Å²) >= 11 is 2.85. The van der Waals surface area contributed by atoms with E-state index in [0.717, 1.165) is 43.9 Å². The van der Waals surface area contributed by atoms with Crippen LogP contribution in [0.3, 0.4) is 0 Å². The van der Waals surface area contributed by atoms with Crippen molar-refractivity contribution in [1.82, 2.24) is 4.90 Å².